The quantitative estimate of drug-likeness (QED) is 0.779. The molecule has 106 valence electrons. The summed E-state index contributed by atoms with van der Waals surface area (Å²) < 4.78 is 5.52. The Morgan fingerprint density at radius 1 is 1.29 bits per heavy atom. The van der Waals surface area contributed by atoms with Crippen molar-refractivity contribution in [1.82, 2.24) is 4.98 Å². The van der Waals surface area contributed by atoms with Crippen LogP contribution in [-0.4, -0.2) is 16.1 Å². The van der Waals surface area contributed by atoms with Crippen molar-refractivity contribution in [3.63, 3.8) is 0 Å². The molecule has 0 radical (unpaired) electrons. The van der Waals surface area contributed by atoms with Crippen molar-refractivity contribution in [2.24, 2.45) is 0 Å². The predicted octanol–water partition coefficient (Wildman–Crippen LogP) is 4.39. The van der Waals surface area contributed by atoms with E-state index in [1.165, 1.54) is 11.3 Å². The number of aromatic carboxylic acids is 1. The van der Waals surface area contributed by atoms with Gasteiger partial charge in [-0.1, -0.05) is 12.1 Å². The third-order valence-electron chi connectivity index (χ3n) is 3.18. The van der Waals surface area contributed by atoms with Crippen LogP contribution in [0.1, 0.15) is 21.9 Å². The number of hydrogen-bond acceptors (Lipinski definition) is 4. The third kappa shape index (κ3) is 2.60. The highest BCUT2D eigenvalue weighted by atomic mass is 32.1. The van der Waals surface area contributed by atoms with Crippen LogP contribution in [-0.2, 0) is 0 Å². The van der Waals surface area contributed by atoms with Gasteiger partial charge in [-0.25, -0.2) is 9.78 Å². The molecule has 0 aliphatic rings. The van der Waals surface area contributed by atoms with Crippen molar-refractivity contribution in [1.29, 1.82) is 0 Å². The lowest BCUT2D eigenvalue weighted by molar-refractivity contribution is 0.0697. The summed E-state index contributed by atoms with van der Waals surface area (Å²) in [6.07, 6.45) is 0. The Balaban J connectivity index is 2.00. The highest BCUT2D eigenvalue weighted by Gasteiger charge is 2.13. The summed E-state index contributed by atoms with van der Waals surface area (Å²) in [5.74, 6) is 0.753. The average molecular weight is 299 g/mol. The number of nitrogens with zero attached hydrogens (tertiary/aromatic N) is 1. The molecule has 0 unspecified atom stereocenters. The molecule has 0 atom stereocenters. The Bertz CT molecular complexity index is 817. The molecule has 0 aliphatic carbocycles. The Morgan fingerprint density at radius 3 is 2.76 bits per heavy atom. The van der Waals surface area contributed by atoms with E-state index in [0.717, 1.165) is 33.3 Å². The van der Waals surface area contributed by atoms with E-state index < -0.39 is 5.97 Å². The van der Waals surface area contributed by atoms with Crippen molar-refractivity contribution in [3.05, 3.63) is 52.8 Å². The smallest absolute Gasteiger partial charge is 0.335 e. The molecule has 0 bridgehead atoms. The summed E-state index contributed by atoms with van der Waals surface area (Å²) in [5, 5.41) is 11.8. The van der Waals surface area contributed by atoms with Crippen molar-refractivity contribution in [3.8, 4) is 21.8 Å². The van der Waals surface area contributed by atoms with Crippen LogP contribution < -0.4 is 0 Å². The second kappa shape index (κ2) is 5.18. The van der Waals surface area contributed by atoms with E-state index in [9.17, 15) is 4.79 Å². The minimum absolute atomic E-state index is 0.264. The summed E-state index contributed by atoms with van der Waals surface area (Å²) >= 11 is 1.49. The van der Waals surface area contributed by atoms with Crippen LogP contribution in [0.4, 0.5) is 0 Å². The first-order valence-electron chi connectivity index (χ1n) is 6.41. The molecule has 2 aromatic heterocycles. The van der Waals surface area contributed by atoms with Gasteiger partial charge in [0.15, 0.2) is 0 Å². The van der Waals surface area contributed by atoms with Crippen LogP contribution in [0.2, 0.25) is 0 Å². The molecule has 0 spiro atoms. The monoisotopic (exact) mass is 299 g/mol. The molecule has 0 fully saturated rings. The molecule has 0 amide bonds. The summed E-state index contributed by atoms with van der Waals surface area (Å²) in [7, 11) is 0. The van der Waals surface area contributed by atoms with Crippen LogP contribution in [0.3, 0.4) is 0 Å². The number of aryl methyl sites for hydroxylation is 2. The first kappa shape index (κ1) is 13.6. The van der Waals surface area contributed by atoms with Gasteiger partial charge >= 0.3 is 5.97 Å². The number of furan rings is 1. The molecule has 4 nitrogen and oxygen atoms in total. The highest BCUT2D eigenvalue weighted by molar-refractivity contribution is 7.13. The lowest BCUT2D eigenvalue weighted by atomic mass is 10.1. The van der Waals surface area contributed by atoms with Gasteiger partial charge < -0.3 is 9.52 Å². The third-order valence-corrected chi connectivity index (χ3v) is 4.07. The number of aromatic nitrogens is 1. The number of thiazole rings is 1. The van der Waals surface area contributed by atoms with Crippen LogP contribution in [0.25, 0.3) is 21.8 Å². The fourth-order valence-electron chi connectivity index (χ4n) is 2.20. The Morgan fingerprint density at radius 2 is 2.10 bits per heavy atom. The van der Waals surface area contributed by atoms with Crippen LogP contribution in [0.15, 0.2) is 40.1 Å². The minimum atomic E-state index is -0.935. The van der Waals surface area contributed by atoms with Crippen LogP contribution >= 0.6 is 11.3 Å². The van der Waals surface area contributed by atoms with E-state index >= 15 is 0 Å². The maximum Gasteiger partial charge on any atom is 0.335 e. The Kier molecular flexibility index (Phi) is 3.35. The topological polar surface area (TPSA) is 63.3 Å². The standard InChI is InChI=1S/C16H13NO3S/c1-9-6-13(10(2)20-9)14-8-21-15(17-14)11-4-3-5-12(7-11)16(18)19/h3-8H,1-2H3,(H,18,19). The first-order chi connectivity index (χ1) is 10.0. The van der Waals surface area contributed by atoms with Gasteiger partial charge in [0.1, 0.15) is 16.5 Å². The molecule has 3 aromatic rings. The van der Waals surface area contributed by atoms with Gasteiger partial charge in [-0.2, -0.15) is 0 Å². The summed E-state index contributed by atoms with van der Waals surface area (Å²) in [4.78, 5) is 15.6. The van der Waals surface area contributed by atoms with Crippen molar-refractivity contribution in [2.75, 3.05) is 0 Å². The number of rotatable bonds is 3. The maximum absolute atomic E-state index is 11.0. The molecule has 0 aliphatic heterocycles. The second-order valence-electron chi connectivity index (χ2n) is 4.75. The zero-order valence-corrected chi connectivity index (χ0v) is 12.4. The van der Waals surface area contributed by atoms with Gasteiger partial charge in [-0.05, 0) is 32.0 Å². The van der Waals surface area contributed by atoms with Crippen molar-refractivity contribution in [2.45, 2.75) is 13.8 Å². The fourth-order valence-corrected chi connectivity index (χ4v) is 3.02. The predicted molar refractivity (Wildman–Crippen MR) is 81.7 cm³/mol. The average Bonchev–Trinajstić information content (AvgIpc) is 3.05. The highest BCUT2D eigenvalue weighted by Crippen LogP contribution is 2.32. The number of hydrogen-bond donors (Lipinski definition) is 1. The molecular formula is C16H13NO3S. The molecule has 3 rings (SSSR count). The van der Waals surface area contributed by atoms with E-state index in [1.54, 1.807) is 18.2 Å². The van der Waals surface area contributed by atoms with E-state index in [4.69, 9.17) is 9.52 Å². The lowest BCUT2D eigenvalue weighted by Crippen LogP contribution is -1.95. The van der Waals surface area contributed by atoms with E-state index in [2.05, 4.69) is 4.98 Å². The molecular weight excluding hydrogens is 286 g/mol. The van der Waals surface area contributed by atoms with Gasteiger partial charge in [0.2, 0.25) is 0 Å². The molecule has 5 heteroatoms. The lowest BCUT2D eigenvalue weighted by Gasteiger charge is -1.98. The van der Waals surface area contributed by atoms with Gasteiger partial charge in [0, 0.05) is 16.5 Å². The summed E-state index contributed by atoms with van der Waals surface area (Å²) in [5.41, 5.74) is 2.90. The van der Waals surface area contributed by atoms with Crippen molar-refractivity contribution < 1.29 is 14.3 Å². The van der Waals surface area contributed by atoms with Gasteiger partial charge in [0.05, 0.1) is 11.3 Å². The molecule has 21 heavy (non-hydrogen) atoms. The number of benzene rings is 1. The fraction of sp³-hybridized carbons (Fsp3) is 0.125. The SMILES string of the molecule is Cc1cc(-c2csc(-c3cccc(C(=O)O)c3)n2)c(C)o1. The molecule has 0 saturated heterocycles. The minimum Gasteiger partial charge on any atom is -0.478 e. The molecule has 2 heterocycles. The second-order valence-corrected chi connectivity index (χ2v) is 5.61. The maximum atomic E-state index is 11.0. The summed E-state index contributed by atoms with van der Waals surface area (Å²) in [6.45, 7) is 3.81. The van der Waals surface area contributed by atoms with Gasteiger partial charge in [-0.3, -0.25) is 0 Å². The van der Waals surface area contributed by atoms with E-state index in [-0.39, 0.29) is 5.56 Å². The van der Waals surface area contributed by atoms with E-state index in [1.807, 2.05) is 31.4 Å². The number of carboxylic acid groups (broad SMARTS) is 1. The Hall–Kier alpha value is -2.40. The van der Waals surface area contributed by atoms with Crippen molar-refractivity contribution >= 4 is 17.3 Å². The number of carbonyl (C=O) groups is 1. The number of carboxylic acids is 1. The van der Waals surface area contributed by atoms with E-state index in [0.29, 0.717) is 0 Å². The Labute approximate surface area is 125 Å². The van der Waals surface area contributed by atoms with Crippen LogP contribution in [0, 0.1) is 13.8 Å². The van der Waals surface area contributed by atoms with Gasteiger partial charge in [-0.15, -0.1) is 11.3 Å². The molecule has 1 aromatic carbocycles. The largest absolute Gasteiger partial charge is 0.478 e. The van der Waals surface area contributed by atoms with Crippen LogP contribution in [0.5, 0.6) is 0 Å². The molecule has 1 N–H and O–H groups in total. The normalized spacial score (nSPS) is 10.8. The zero-order valence-electron chi connectivity index (χ0n) is 11.6. The zero-order chi connectivity index (χ0) is 15.0. The van der Waals surface area contributed by atoms with Gasteiger partial charge in [0.25, 0.3) is 0 Å². The first-order valence-corrected chi connectivity index (χ1v) is 7.29. The summed E-state index contributed by atoms with van der Waals surface area (Å²) in [6, 6.07) is 8.76. The molecule has 0 saturated carbocycles.